The number of amides is 2. The summed E-state index contributed by atoms with van der Waals surface area (Å²) in [6.07, 6.45) is 0.257. The Morgan fingerprint density at radius 1 is 1.38 bits per heavy atom. The first kappa shape index (κ1) is 17.4. The quantitative estimate of drug-likeness (QED) is 0.781. The monoisotopic (exact) mass is 293 g/mol. The van der Waals surface area contributed by atoms with Crippen molar-refractivity contribution in [2.24, 2.45) is 5.41 Å². The lowest BCUT2D eigenvalue weighted by atomic mass is 9.87. The molecule has 0 saturated heterocycles. The van der Waals surface area contributed by atoms with E-state index in [-0.39, 0.29) is 17.6 Å². The summed E-state index contributed by atoms with van der Waals surface area (Å²) in [5.41, 5.74) is 3.35. The van der Waals surface area contributed by atoms with Crippen LogP contribution in [0.4, 0.5) is 10.5 Å². The second-order valence-corrected chi connectivity index (χ2v) is 6.57. The number of aliphatic hydroxyl groups excluding tert-OH is 1. The van der Waals surface area contributed by atoms with Crippen LogP contribution < -0.4 is 10.6 Å². The van der Waals surface area contributed by atoms with E-state index >= 15 is 0 Å². The predicted octanol–water partition coefficient (Wildman–Crippen LogP) is 2.93. The molecule has 0 bridgehead atoms. The molecule has 21 heavy (non-hydrogen) atoms. The molecule has 5 heteroatoms. The molecule has 0 aromatic carbocycles. The molecule has 2 amide bonds. The smallest absolute Gasteiger partial charge is 0.319 e. The molecular formula is C16H27N3O2. The Balaban J connectivity index is 2.63. The highest BCUT2D eigenvalue weighted by Gasteiger charge is 2.21. The predicted molar refractivity (Wildman–Crippen MR) is 85.5 cm³/mol. The van der Waals surface area contributed by atoms with Crippen molar-refractivity contribution in [2.75, 3.05) is 11.9 Å². The first-order valence-corrected chi connectivity index (χ1v) is 7.28. The maximum atomic E-state index is 12.0. The van der Waals surface area contributed by atoms with Crippen LogP contribution in [-0.4, -0.2) is 28.8 Å². The Hall–Kier alpha value is -1.62. The largest absolute Gasteiger partial charge is 0.393 e. The van der Waals surface area contributed by atoms with Gasteiger partial charge in [0, 0.05) is 12.2 Å². The second kappa shape index (κ2) is 6.89. The highest BCUT2D eigenvalue weighted by molar-refractivity contribution is 5.90. The third-order valence-corrected chi connectivity index (χ3v) is 3.34. The van der Waals surface area contributed by atoms with Gasteiger partial charge in [0.15, 0.2) is 0 Å². The van der Waals surface area contributed by atoms with Gasteiger partial charge in [-0.15, -0.1) is 0 Å². The third-order valence-electron chi connectivity index (χ3n) is 3.34. The fraction of sp³-hybridized carbons (Fsp3) is 0.625. The number of urea groups is 1. The Morgan fingerprint density at radius 2 is 2.00 bits per heavy atom. The SMILES string of the molecule is Cc1cc(C)c(NC(=O)NCC(C)(C)C[C@H](C)O)c(C)n1. The van der Waals surface area contributed by atoms with Crippen LogP contribution in [0.5, 0.6) is 0 Å². The molecule has 1 aromatic rings. The van der Waals surface area contributed by atoms with E-state index in [1.807, 2.05) is 40.7 Å². The number of hydrogen-bond donors (Lipinski definition) is 3. The summed E-state index contributed by atoms with van der Waals surface area (Å²) < 4.78 is 0. The zero-order valence-electron chi connectivity index (χ0n) is 13.9. The van der Waals surface area contributed by atoms with Gasteiger partial charge in [0.25, 0.3) is 0 Å². The minimum Gasteiger partial charge on any atom is -0.393 e. The summed E-state index contributed by atoms with van der Waals surface area (Å²) in [7, 11) is 0. The van der Waals surface area contributed by atoms with Crippen molar-refractivity contribution in [2.45, 2.75) is 54.1 Å². The average Bonchev–Trinajstić information content (AvgIpc) is 2.29. The van der Waals surface area contributed by atoms with E-state index in [1.165, 1.54) is 0 Å². The molecule has 1 atom stereocenters. The topological polar surface area (TPSA) is 74.2 Å². The van der Waals surface area contributed by atoms with E-state index in [0.29, 0.717) is 13.0 Å². The van der Waals surface area contributed by atoms with Crippen LogP contribution in [0.3, 0.4) is 0 Å². The lowest BCUT2D eigenvalue weighted by molar-refractivity contribution is 0.129. The number of nitrogens with zero attached hydrogens (tertiary/aromatic N) is 1. The number of hydrogen-bond acceptors (Lipinski definition) is 3. The van der Waals surface area contributed by atoms with Gasteiger partial charge >= 0.3 is 6.03 Å². The molecule has 1 aromatic heterocycles. The van der Waals surface area contributed by atoms with E-state index in [9.17, 15) is 9.90 Å². The van der Waals surface area contributed by atoms with Crippen molar-refractivity contribution in [1.82, 2.24) is 10.3 Å². The highest BCUT2D eigenvalue weighted by Crippen LogP contribution is 2.22. The summed E-state index contributed by atoms with van der Waals surface area (Å²) >= 11 is 0. The average molecular weight is 293 g/mol. The van der Waals surface area contributed by atoms with Gasteiger partial charge in [-0.25, -0.2) is 4.79 Å². The molecule has 0 aliphatic carbocycles. The molecule has 3 N–H and O–H groups in total. The van der Waals surface area contributed by atoms with Crippen molar-refractivity contribution in [3.8, 4) is 0 Å². The van der Waals surface area contributed by atoms with Gasteiger partial charge in [-0.05, 0) is 51.2 Å². The minimum absolute atomic E-state index is 0.152. The zero-order chi connectivity index (χ0) is 16.2. The maximum absolute atomic E-state index is 12.0. The van der Waals surface area contributed by atoms with Crippen LogP contribution in [0.1, 0.15) is 44.1 Å². The van der Waals surface area contributed by atoms with Crippen LogP contribution in [0.15, 0.2) is 6.07 Å². The van der Waals surface area contributed by atoms with Crippen LogP contribution in [-0.2, 0) is 0 Å². The molecule has 0 aliphatic rings. The second-order valence-electron chi connectivity index (χ2n) is 6.57. The molecule has 0 unspecified atom stereocenters. The van der Waals surface area contributed by atoms with E-state index in [2.05, 4.69) is 15.6 Å². The van der Waals surface area contributed by atoms with Gasteiger partial charge in [-0.2, -0.15) is 0 Å². The first-order chi connectivity index (χ1) is 9.60. The highest BCUT2D eigenvalue weighted by atomic mass is 16.3. The first-order valence-electron chi connectivity index (χ1n) is 7.28. The zero-order valence-corrected chi connectivity index (χ0v) is 13.9. The molecule has 0 radical (unpaired) electrons. The maximum Gasteiger partial charge on any atom is 0.319 e. The molecule has 1 heterocycles. The van der Waals surface area contributed by atoms with Gasteiger partial charge in [-0.1, -0.05) is 13.8 Å². The van der Waals surface area contributed by atoms with Crippen LogP contribution in [0.2, 0.25) is 0 Å². The molecule has 0 saturated carbocycles. The number of carbonyl (C=O) groups is 1. The summed E-state index contributed by atoms with van der Waals surface area (Å²) in [6.45, 7) is 12.1. The van der Waals surface area contributed by atoms with Gasteiger partial charge < -0.3 is 15.7 Å². The van der Waals surface area contributed by atoms with Crippen LogP contribution >= 0.6 is 0 Å². The summed E-state index contributed by atoms with van der Waals surface area (Å²) in [5.74, 6) is 0. The van der Waals surface area contributed by atoms with E-state index < -0.39 is 0 Å². The van der Waals surface area contributed by atoms with Crippen LogP contribution in [0, 0.1) is 26.2 Å². The number of anilines is 1. The van der Waals surface area contributed by atoms with Crippen LogP contribution in [0.25, 0.3) is 0 Å². The van der Waals surface area contributed by atoms with Gasteiger partial charge in [0.05, 0.1) is 17.5 Å². The van der Waals surface area contributed by atoms with E-state index in [1.54, 1.807) is 6.92 Å². The van der Waals surface area contributed by atoms with E-state index in [0.717, 1.165) is 22.6 Å². The normalized spacial score (nSPS) is 12.9. The molecular weight excluding hydrogens is 266 g/mol. The molecule has 0 aliphatic heterocycles. The van der Waals surface area contributed by atoms with Gasteiger partial charge in [0.2, 0.25) is 0 Å². The van der Waals surface area contributed by atoms with Crippen molar-refractivity contribution < 1.29 is 9.90 Å². The molecule has 5 nitrogen and oxygen atoms in total. The standard InChI is InChI=1S/C16H27N3O2/c1-10-7-11(2)18-13(4)14(10)19-15(21)17-9-16(5,6)8-12(3)20/h7,12,20H,8-9H2,1-6H3,(H2,17,19,21)/t12-/m0/s1. The number of aliphatic hydroxyl groups is 1. The minimum atomic E-state index is -0.379. The summed E-state index contributed by atoms with van der Waals surface area (Å²) in [6, 6.07) is 1.70. The lowest BCUT2D eigenvalue weighted by Crippen LogP contribution is -2.38. The Bertz CT molecular complexity index is 487. The number of aromatic nitrogens is 1. The van der Waals surface area contributed by atoms with E-state index in [4.69, 9.17) is 0 Å². The molecule has 1 rings (SSSR count). The number of pyridine rings is 1. The van der Waals surface area contributed by atoms with Crippen molar-refractivity contribution in [3.63, 3.8) is 0 Å². The molecule has 0 fully saturated rings. The third kappa shape index (κ3) is 5.71. The number of carbonyl (C=O) groups excluding carboxylic acids is 1. The number of nitrogens with one attached hydrogen (secondary N) is 2. The number of rotatable bonds is 5. The number of aryl methyl sites for hydroxylation is 3. The van der Waals surface area contributed by atoms with Crippen molar-refractivity contribution in [3.05, 3.63) is 23.0 Å². The Kier molecular flexibility index (Phi) is 5.72. The van der Waals surface area contributed by atoms with Gasteiger partial charge in [-0.3, -0.25) is 4.98 Å². The molecule has 118 valence electrons. The summed E-state index contributed by atoms with van der Waals surface area (Å²) in [5, 5.41) is 15.2. The van der Waals surface area contributed by atoms with Crippen molar-refractivity contribution >= 4 is 11.7 Å². The molecule has 0 spiro atoms. The Labute approximate surface area is 127 Å². The van der Waals surface area contributed by atoms with Gasteiger partial charge in [0.1, 0.15) is 0 Å². The lowest BCUT2D eigenvalue weighted by Gasteiger charge is -2.26. The van der Waals surface area contributed by atoms with Crippen molar-refractivity contribution in [1.29, 1.82) is 0 Å². The Morgan fingerprint density at radius 3 is 2.52 bits per heavy atom. The summed E-state index contributed by atoms with van der Waals surface area (Å²) in [4.78, 5) is 16.4. The fourth-order valence-corrected chi connectivity index (χ4v) is 2.56. The fourth-order valence-electron chi connectivity index (χ4n) is 2.56.